The highest BCUT2D eigenvalue weighted by Gasteiger charge is 2.30. The summed E-state index contributed by atoms with van der Waals surface area (Å²) < 4.78 is 0. The Bertz CT molecular complexity index is 374. The summed E-state index contributed by atoms with van der Waals surface area (Å²) >= 11 is 0. The van der Waals surface area contributed by atoms with Crippen molar-refractivity contribution in [3.63, 3.8) is 0 Å². The predicted octanol–water partition coefficient (Wildman–Crippen LogP) is 0.702. The first kappa shape index (κ1) is 10.1. The number of nitrogens with one attached hydrogen (secondary N) is 1. The second kappa shape index (κ2) is 3.98. The molecule has 80 valence electrons. The standard InChI is InChI=1S/C11H15N3O/c1-7(8-5-13-6-8)10(15)9-3-2-4-14-11(9)12/h2-4,7-8,13H,5-6H2,1H3,(H2,12,14). The summed E-state index contributed by atoms with van der Waals surface area (Å²) in [5.74, 6) is 0.906. The number of nitrogens with zero attached hydrogens (tertiary/aromatic N) is 1. The number of anilines is 1. The van der Waals surface area contributed by atoms with Crippen LogP contribution in [0.2, 0.25) is 0 Å². The number of pyridine rings is 1. The van der Waals surface area contributed by atoms with E-state index in [4.69, 9.17) is 5.73 Å². The fraction of sp³-hybridized carbons (Fsp3) is 0.455. The molecular weight excluding hydrogens is 190 g/mol. The highest BCUT2D eigenvalue weighted by atomic mass is 16.1. The Hall–Kier alpha value is -1.42. The van der Waals surface area contributed by atoms with Crippen LogP contribution in [0.3, 0.4) is 0 Å². The fourth-order valence-electron chi connectivity index (χ4n) is 1.75. The molecule has 2 rings (SSSR count). The van der Waals surface area contributed by atoms with Crippen LogP contribution in [-0.4, -0.2) is 23.9 Å². The second-order valence-corrected chi connectivity index (χ2v) is 4.01. The van der Waals surface area contributed by atoms with Crippen molar-refractivity contribution in [1.82, 2.24) is 10.3 Å². The van der Waals surface area contributed by atoms with Crippen molar-refractivity contribution in [1.29, 1.82) is 0 Å². The van der Waals surface area contributed by atoms with E-state index in [0.717, 1.165) is 13.1 Å². The molecule has 0 aliphatic carbocycles. The van der Waals surface area contributed by atoms with E-state index in [0.29, 0.717) is 17.3 Å². The number of hydrogen-bond donors (Lipinski definition) is 2. The van der Waals surface area contributed by atoms with E-state index in [9.17, 15) is 4.79 Å². The number of carbonyl (C=O) groups is 1. The molecule has 15 heavy (non-hydrogen) atoms. The van der Waals surface area contributed by atoms with Gasteiger partial charge in [0, 0.05) is 12.1 Å². The van der Waals surface area contributed by atoms with Gasteiger partial charge in [-0.25, -0.2) is 4.98 Å². The molecule has 1 aliphatic rings. The van der Waals surface area contributed by atoms with Crippen LogP contribution in [-0.2, 0) is 0 Å². The highest BCUT2D eigenvalue weighted by Crippen LogP contribution is 2.22. The Morgan fingerprint density at radius 3 is 2.93 bits per heavy atom. The Morgan fingerprint density at radius 2 is 2.40 bits per heavy atom. The monoisotopic (exact) mass is 205 g/mol. The molecule has 1 saturated heterocycles. The Kier molecular flexibility index (Phi) is 2.68. The molecule has 0 radical (unpaired) electrons. The maximum absolute atomic E-state index is 12.1. The normalized spacial score (nSPS) is 18.2. The van der Waals surface area contributed by atoms with Crippen LogP contribution >= 0.6 is 0 Å². The van der Waals surface area contributed by atoms with Crippen molar-refractivity contribution in [2.24, 2.45) is 11.8 Å². The van der Waals surface area contributed by atoms with E-state index >= 15 is 0 Å². The van der Waals surface area contributed by atoms with E-state index in [2.05, 4.69) is 10.3 Å². The lowest BCUT2D eigenvalue weighted by Crippen LogP contribution is -2.47. The topological polar surface area (TPSA) is 68.0 Å². The van der Waals surface area contributed by atoms with Crippen molar-refractivity contribution >= 4 is 11.6 Å². The van der Waals surface area contributed by atoms with Gasteiger partial charge in [0.1, 0.15) is 5.82 Å². The van der Waals surface area contributed by atoms with Gasteiger partial charge in [0.15, 0.2) is 5.78 Å². The molecule has 1 fully saturated rings. The van der Waals surface area contributed by atoms with E-state index in [1.807, 2.05) is 6.92 Å². The highest BCUT2D eigenvalue weighted by molar-refractivity contribution is 6.01. The minimum Gasteiger partial charge on any atom is -0.383 e. The van der Waals surface area contributed by atoms with E-state index in [-0.39, 0.29) is 11.7 Å². The van der Waals surface area contributed by atoms with Gasteiger partial charge in [-0.2, -0.15) is 0 Å². The van der Waals surface area contributed by atoms with Crippen LogP contribution in [0.25, 0.3) is 0 Å². The molecule has 0 aromatic carbocycles. The maximum atomic E-state index is 12.1. The van der Waals surface area contributed by atoms with Crippen molar-refractivity contribution in [2.45, 2.75) is 6.92 Å². The van der Waals surface area contributed by atoms with Crippen LogP contribution in [0.15, 0.2) is 18.3 Å². The SMILES string of the molecule is CC(C(=O)c1cccnc1N)C1CNC1. The van der Waals surface area contributed by atoms with Gasteiger partial charge in [0.2, 0.25) is 0 Å². The van der Waals surface area contributed by atoms with Crippen LogP contribution in [0, 0.1) is 11.8 Å². The van der Waals surface area contributed by atoms with Crippen LogP contribution in [0.5, 0.6) is 0 Å². The number of carbonyl (C=O) groups excluding carboxylic acids is 1. The minimum atomic E-state index is 0.0257. The minimum absolute atomic E-state index is 0.0257. The maximum Gasteiger partial charge on any atom is 0.169 e. The van der Waals surface area contributed by atoms with Gasteiger partial charge in [-0.15, -0.1) is 0 Å². The summed E-state index contributed by atoms with van der Waals surface area (Å²) in [4.78, 5) is 16.0. The molecule has 0 bridgehead atoms. The molecule has 1 aromatic heterocycles. The van der Waals surface area contributed by atoms with Gasteiger partial charge in [0.25, 0.3) is 0 Å². The van der Waals surface area contributed by atoms with Gasteiger partial charge in [-0.05, 0) is 31.1 Å². The number of nitrogen functional groups attached to an aromatic ring is 1. The van der Waals surface area contributed by atoms with E-state index in [1.165, 1.54) is 0 Å². The summed E-state index contributed by atoms with van der Waals surface area (Å²) in [7, 11) is 0. The zero-order valence-corrected chi connectivity index (χ0v) is 8.73. The number of nitrogens with two attached hydrogens (primary N) is 1. The van der Waals surface area contributed by atoms with Crippen molar-refractivity contribution < 1.29 is 4.79 Å². The third kappa shape index (κ3) is 1.85. The molecule has 1 unspecified atom stereocenters. The molecule has 4 heteroatoms. The molecule has 4 nitrogen and oxygen atoms in total. The van der Waals surface area contributed by atoms with Gasteiger partial charge in [-0.1, -0.05) is 6.92 Å². The van der Waals surface area contributed by atoms with Gasteiger partial charge < -0.3 is 11.1 Å². The zero-order valence-electron chi connectivity index (χ0n) is 8.73. The third-order valence-electron chi connectivity index (χ3n) is 3.04. The molecule has 1 atom stereocenters. The van der Waals surface area contributed by atoms with Gasteiger partial charge in [-0.3, -0.25) is 4.79 Å². The number of ketones is 1. The van der Waals surface area contributed by atoms with E-state index in [1.54, 1.807) is 18.3 Å². The molecule has 0 saturated carbocycles. The molecule has 0 amide bonds. The van der Waals surface area contributed by atoms with Gasteiger partial charge in [0.05, 0.1) is 5.56 Å². The molecular formula is C11H15N3O. The Morgan fingerprint density at radius 1 is 1.67 bits per heavy atom. The average molecular weight is 205 g/mol. The number of aromatic nitrogens is 1. The van der Waals surface area contributed by atoms with Gasteiger partial charge >= 0.3 is 0 Å². The molecule has 1 aliphatic heterocycles. The summed E-state index contributed by atoms with van der Waals surface area (Å²) in [5.41, 5.74) is 6.22. The van der Waals surface area contributed by atoms with Crippen molar-refractivity contribution in [3.8, 4) is 0 Å². The summed E-state index contributed by atoms with van der Waals surface area (Å²) in [6.45, 7) is 3.81. The fourth-order valence-corrected chi connectivity index (χ4v) is 1.75. The quantitative estimate of drug-likeness (QED) is 0.713. The summed E-state index contributed by atoms with van der Waals surface area (Å²) in [6.07, 6.45) is 1.60. The first-order valence-electron chi connectivity index (χ1n) is 5.15. The number of Topliss-reactive ketones (excluding diaryl/α,β-unsaturated/α-hetero) is 1. The van der Waals surface area contributed by atoms with Crippen LogP contribution in [0.4, 0.5) is 5.82 Å². The lowest BCUT2D eigenvalue weighted by atomic mass is 9.83. The number of rotatable bonds is 3. The second-order valence-electron chi connectivity index (χ2n) is 4.01. The summed E-state index contributed by atoms with van der Waals surface area (Å²) in [6, 6.07) is 3.49. The molecule has 3 N–H and O–H groups in total. The Labute approximate surface area is 88.9 Å². The number of hydrogen-bond acceptors (Lipinski definition) is 4. The Balaban J connectivity index is 2.16. The molecule has 2 heterocycles. The largest absolute Gasteiger partial charge is 0.383 e. The zero-order chi connectivity index (χ0) is 10.8. The smallest absolute Gasteiger partial charge is 0.169 e. The molecule has 0 spiro atoms. The first-order valence-corrected chi connectivity index (χ1v) is 5.15. The molecule has 1 aromatic rings. The van der Waals surface area contributed by atoms with Crippen LogP contribution < -0.4 is 11.1 Å². The lowest BCUT2D eigenvalue weighted by Gasteiger charge is -2.31. The summed E-state index contributed by atoms with van der Waals surface area (Å²) in [5, 5.41) is 3.16. The van der Waals surface area contributed by atoms with Crippen molar-refractivity contribution in [2.75, 3.05) is 18.8 Å². The van der Waals surface area contributed by atoms with Crippen molar-refractivity contribution in [3.05, 3.63) is 23.9 Å². The van der Waals surface area contributed by atoms with Crippen LogP contribution in [0.1, 0.15) is 17.3 Å². The average Bonchev–Trinajstić information content (AvgIpc) is 2.15. The third-order valence-corrected chi connectivity index (χ3v) is 3.04. The lowest BCUT2D eigenvalue weighted by molar-refractivity contribution is 0.0854. The van der Waals surface area contributed by atoms with E-state index < -0.39 is 0 Å². The first-order chi connectivity index (χ1) is 7.20. The predicted molar refractivity (Wildman–Crippen MR) is 58.5 cm³/mol.